The van der Waals surface area contributed by atoms with E-state index in [4.69, 9.17) is 11.6 Å². The van der Waals surface area contributed by atoms with Gasteiger partial charge in [0.05, 0.1) is 10.9 Å². The van der Waals surface area contributed by atoms with Crippen molar-refractivity contribution in [1.82, 2.24) is 5.32 Å². The molecule has 0 spiro atoms. The number of thioether (sulfide) groups is 2. The fourth-order valence-corrected chi connectivity index (χ4v) is 4.56. The van der Waals surface area contributed by atoms with Crippen LogP contribution >= 0.6 is 35.1 Å². The number of hydrogen-bond acceptors (Lipinski definition) is 4. The maximum atomic E-state index is 12.1. The second-order valence-corrected chi connectivity index (χ2v) is 8.61. The number of carbonyl (C=O) groups is 2. The number of nitrogens with one attached hydrogen (secondary N) is 2. The number of para-hydroxylation sites is 1. The smallest absolute Gasteiger partial charge is 0.238 e. The van der Waals surface area contributed by atoms with Gasteiger partial charge < -0.3 is 10.6 Å². The highest BCUT2D eigenvalue weighted by Gasteiger charge is 2.28. The number of rotatable bonds is 7. The highest BCUT2D eigenvalue weighted by Crippen LogP contribution is 2.36. The summed E-state index contributed by atoms with van der Waals surface area (Å²) in [6.45, 7) is 0.590. The molecule has 0 fully saturated rings. The third-order valence-corrected chi connectivity index (χ3v) is 6.39. The summed E-state index contributed by atoms with van der Waals surface area (Å²) in [6, 6.07) is 15.4. The number of anilines is 1. The van der Waals surface area contributed by atoms with Crippen molar-refractivity contribution in [3.8, 4) is 0 Å². The zero-order valence-electron chi connectivity index (χ0n) is 14.0. The Morgan fingerprint density at radius 2 is 1.96 bits per heavy atom. The van der Waals surface area contributed by atoms with Crippen molar-refractivity contribution in [2.45, 2.75) is 22.3 Å². The van der Waals surface area contributed by atoms with Crippen LogP contribution in [0.1, 0.15) is 12.0 Å². The average molecular weight is 407 g/mol. The lowest BCUT2D eigenvalue weighted by Gasteiger charge is -2.23. The number of hydrogen-bond donors (Lipinski definition) is 2. The van der Waals surface area contributed by atoms with Crippen LogP contribution in [-0.4, -0.2) is 29.4 Å². The van der Waals surface area contributed by atoms with Gasteiger partial charge in [0.25, 0.3) is 0 Å². The molecule has 2 N–H and O–H groups in total. The third-order valence-electron chi connectivity index (χ3n) is 3.83. The minimum atomic E-state index is -0.383. The Kier molecular flexibility index (Phi) is 6.88. The van der Waals surface area contributed by atoms with Crippen molar-refractivity contribution in [3.05, 3.63) is 59.1 Å². The van der Waals surface area contributed by atoms with Gasteiger partial charge in [0, 0.05) is 34.4 Å². The molecule has 0 aromatic heterocycles. The predicted octanol–water partition coefficient (Wildman–Crippen LogP) is 4.19. The average Bonchev–Trinajstić information content (AvgIpc) is 2.63. The van der Waals surface area contributed by atoms with Crippen molar-refractivity contribution >= 4 is 52.6 Å². The molecule has 0 saturated heterocycles. The summed E-state index contributed by atoms with van der Waals surface area (Å²) in [5, 5.41) is 6.11. The van der Waals surface area contributed by atoms with Crippen LogP contribution in [0.3, 0.4) is 0 Å². The van der Waals surface area contributed by atoms with Crippen molar-refractivity contribution < 1.29 is 9.59 Å². The first-order valence-electron chi connectivity index (χ1n) is 8.27. The van der Waals surface area contributed by atoms with Crippen LogP contribution in [0.15, 0.2) is 53.4 Å². The molecule has 4 nitrogen and oxygen atoms in total. The van der Waals surface area contributed by atoms with Gasteiger partial charge in [-0.05, 0) is 29.8 Å². The van der Waals surface area contributed by atoms with Crippen molar-refractivity contribution in [2.75, 3.05) is 17.6 Å². The normalized spacial score (nSPS) is 15.9. The molecule has 1 atom stereocenters. The molecular weight excluding hydrogens is 388 g/mol. The van der Waals surface area contributed by atoms with E-state index in [1.54, 1.807) is 11.8 Å². The summed E-state index contributed by atoms with van der Waals surface area (Å²) < 4.78 is 0. The fraction of sp³-hybridized carbons (Fsp3) is 0.263. The third kappa shape index (κ3) is 5.43. The molecule has 3 rings (SSSR count). The van der Waals surface area contributed by atoms with E-state index in [2.05, 4.69) is 10.6 Å². The second-order valence-electron chi connectivity index (χ2n) is 5.83. The Hall–Kier alpha value is -1.63. The molecule has 0 unspecified atom stereocenters. The lowest BCUT2D eigenvalue weighted by Crippen LogP contribution is -2.35. The fourth-order valence-electron chi connectivity index (χ4n) is 2.50. The van der Waals surface area contributed by atoms with Crippen LogP contribution in [0.4, 0.5) is 5.69 Å². The van der Waals surface area contributed by atoms with E-state index in [1.165, 1.54) is 17.3 Å². The van der Waals surface area contributed by atoms with E-state index in [9.17, 15) is 9.59 Å². The maximum absolute atomic E-state index is 12.1. The predicted molar refractivity (Wildman–Crippen MR) is 110 cm³/mol. The molecule has 1 heterocycles. The van der Waals surface area contributed by atoms with Gasteiger partial charge in [-0.1, -0.05) is 35.9 Å². The minimum absolute atomic E-state index is 0.0934. The van der Waals surface area contributed by atoms with E-state index < -0.39 is 0 Å². The monoisotopic (exact) mass is 406 g/mol. The topological polar surface area (TPSA) is 58.2 Å². The molecule has 136 valence electrons. The van der Waals surface area contributed by atoms with Gasteiger partial charge in [-0.2, -0.15) is 11.8 Å². The summed E-state index contributed by atoms with van der Waals surface area (Å²) in [5.41, 5.74) is 2.03. The zero-order valence-corrected chi connectivity index (χ0v) is 16.4. The second kappa shape index (κ2) is 9.35. The molecule has 7 heteroatoms. The van der Waals surface area contributed by atoms with Crippen LogP contribution in [0, 0.1) is 0 Å². The molecular formula is C19H19ClN2O2S2. The van der Waals surface area contributed by atoms with Gasteiger partial charge in [-0.25, -0.2) is 0 Å². The van der Waals surface area contributed by atoms with Gasteiger partial charge >= 0.3 is 0 Å². The van der Waals surface area contributed by atoms with E-state index in [0.29, 0.717) is 6.54 Å². The first-order valence-corrected chi connectivity index (χ1v) is 10.7. The van der Waals surface area contributed by atoms with Crippen molar-refractivity contribution in [3.63, 3.8) is 0 Å². The van der Waals surface area contributed by atoms with E-state index in [0.717, 1.165) is 27.1 Å². The van der Waals surface area contributed by atoms with E-state index in [1.807, 2.05) is 48.5 Å². The van der Waals surface area contributed by atoms with Crippen LogP contribution in [-0.2, 0) is 15.3 Å². The molecule has 0 saturated carbocycles. The van der Waals surface area contributed by atoms with Gasteiger partial charge in [-0.3, -0.25) is 9.59 Å². The SMILES string of the molecule is O=C(C[C@H]1Sc2ccccc2NC1=O)NCCSCc1ccc(Cl)cc1. The van der Waals surface area contributed by atoms with Crippen LogP contribution in [0.5, 0.6) is 0 Å². The first kappa shape index (κ1) is 19.1. The standard InChI is InChI=1S/C19H19ClN2O2S2/c20-14-7-5-13(6-8-14)12-25-10-9-21-18(23)11-17-19(24)22-15-3-1-2-4-16(15)26-17/h1-8,17H,9-12H2,(H,21,23)(H,22,24)/t17-/m1/s1. The Morgan fingerprint density at radius 1 is 1.19 bits per heavy atom. The number of carbonyl (C=O) groups excluding carboxylic acids is 2. The molecule has 2 aromatic carbocycles. The van der Waals surface area contributed by atoms with Gasteiger partial charge in [-0.15, -0.1) is 11.8 Å². The van der Waals surface area contributed by atoms with Crippen molar-refractivity contribution in [1.29, 1.82) is 0 Å². The number of fused-ring (bicyclic) bond motifs is 1. The molecule has 26 heavy (non-hydrogen) atoms. The molecule has 0 aliphatic carbocycles. The Balaban J connectivity index is 1.36. The minimum Gasteiger partial charge on any atom is -0.355 e. The first-order chi connectivity index (χ1) is 12.6. The van der Waals surface area contributed by atoms with E-state index in [-0.39, 0.29) is 23.5 Å². The number of amides is 2. The molecule has 1 aliphatic rings. The van der Waals surface area contributed by atoms with Gasteiger partial charge in [0.15, 0.2) is 0 Å². The molecule has 0 radical (unpaired) electrons. The number of halogens is 1. The number of benzene rings is 2. The maximum Gasteiger partial charge on any atom is 0.238 e. The summed E-state index contributed by atoms with van der Waals surface area (Å²) in [7, 11) is 0. The Labute approximate surface area is 166 Å². The Morgan fingerprint density at radius 3 is 2.77 bits per heavy atom. The lowest BCUT2D eigenvalue weighted by molar-refractivity contribution is -0.123. The summed E-state index contributed by atoms with van der Waals surface area (Å²) in [5.74, 6) is 1.50. The Bertz CT molecular complexity index is 783. The summed E-state index contributed by atoms with van der Waals surface area (Å²) >= 11 is 9.06. The highest BCUT2D eigenvalue weighted by atomic mass is 35.5. The van der Waals surface area contributed by atoms with Gasteiger partial charge in [0.2, 0.25) is 11.8 Å². The largest absolute Gasteiger partial charge is 0.355 e. The molecule has 2 aromatic rings. The molecule has 2 amide bonds. The van der Waals surface area contributed by atoms with Gasteiger partial charge in [0.1, 0.15) is 0 Å². The zero-order chi connectivity index (χ0) is 18.4. The van der Waals surface area contributed by atoms with Crippen LogP contribution in [0.25, 0.3) is 0 Å². The molecule has 0 bridgehead atoms. The van der Waals surface area contributed by atoms with Crippen LogP contribution < -0.4 is 10.6 Å². The summed E-state index contributed by atoms with van der Waals surface area (Å²) in [6.07, 6.45) is 0.187. The quantitative estimate of drug-likeness (QED) is 0.677. The van der Waals surface area contributed by atoms with Crippen molar-refractivity contribution in [2.24, 2.45) is 0 Å². The highest BCUT2D eigenvalue weighted by molar-refractivity contribution is 8.01. The lowest BCUT2D eigenvalue weighted by atomic mass is 10.2. The van der Waals surface area contributed by atoms with E-state index >= 15 is 0 Å². The molecule has 1 aliphatic heterocycles. The summed E-state index contributed by atoms with van der Waals surface area (Å²) in [4.78, 5) is 25.2. The van der Waals surface area contributed by atoms with Crippen LogP contribution in [0.2, 0.25) is 5.02 Å².